The standard InChI is InChI=1S/C12H8F3IN4O/c13-12(14,15)8-3-1-2-7(17-8)6-11(21)18-10-5-4-9(16)19-20-10/h1-5H,6H2,(H,18,20,21). The van der Waals surface area contributed by atoms with Crippen molar-refractivity contribution in [1.29, 1.82) is 0 Å². The van der Waals surface area contributed by atoms with E-state index in [1.807, 2.05) is 22.6 Å². The van der Waals surface area contributed by atoms with E-state index in [1.165, 1.54) is 12.1 Å². The maximum Gasteiger partial charge on any atom is 0.433 e. The maximum absolute atomic E-state index is 12.5. The summed E-state index contributed by atoms with van der Waals surface area (Å²) in [6.45, 7) is 0. The van der Waals surface area contributed by atoms with Crippen LogP contribution in [-0.4, -0.2) is 21.1 Å². The molecule has 2 aromatic rings. The Morgan fingerprint density at radius 2 is 1.95 bits per heavy atom. The molecule has 1 amide bonds. The molecule has 0 aliphatic rings. The molecule has 0 spiro atoms. The van der Waals surface area contributed by atoms with Gasteiger partial charge in [0.05, 0.1) is 12.1 Å². The SMILES string of the molecule is O=C(Cc1cccc(C(F)(F)F)n1)Nc1ccc(I)nn1. The summed E-state index contributed by atoms with van der Waals surface area (Å²) in [5, 5.41) is 9.91. The van der Waals surface area contributed by atoms with Gasteiger partial charge in [0.1, 0.15) is 9.39 Å². The highest BCUT2D eigenvalue weighted by atomic mass is 127. The summed E-state index contributed by atoms with van der Waals surface area (Å²) in [6.07, 6.45) is -4.81. The minimum absolute atomic E-state index is 0.0285. The highest BCUT2D eigenvalue weighted by Crippen LogP contribution is 2.27. The maximum atomic E-state index is 12.5. The van der Waals surface area contributed by atoms with Crippen LogP contribution < -0.4 is 5.32 Å². The number of nitrogens with zero attached hydrogens (tertiary/aromatic N) is 3. The Labute approximate surface area is 131 Å². The fraction of sp³-hybridized carbons (Fsp3) is 0.167. The summed E-state index contributed by atoms with van der Waals surface area (Å²) < 4.78 is 38.2. The Morgan fingerprint density at radius 1 is 1.19 bits per heavy atom. The first kappa shape index (κ1) is 15.6. The lowest BCUT2D eigenvalue weighted by molar-refractivity contribution is -0.141. The van der Waals surface area contributed by atoms with Crippen LogP contribution in [0.25, 0.3) is 0 Å². The van der Waals surface area contributed by atoms with Crippen molar-refractivity contribution in [2.24, 2.45) is 0 Å². The molecular formula is C12H8F3IN4O. The van der Waals surface area contributed by atoms with Crippen LogP contribution in [0.3, 0.4) is 0 Å². The van der Waals surface area contributed by atoms with Gasteiger partial charge in [-0.2, -0.15) is 13.2 Å². The van der Waals surface area contributed by atoms with E-state index in [4.69, 9.17) is 0 Å². The van der Waals surface area contributed by atoms with Gasteiger partial charge >= 0.3 is 6.18 Å². The minimum atomic E-state index is -4.53. The molecule has 0 aliphatic carbocycles. The summed E-state index contributed by atoms with van der Waals surface area (Å²) in [6, 6.07) is 6.61. The topological polar surface area (TPSA) is 67.8 Å². The van der Waals surface area contributed by atoms with Crippen molar-refractivity contribution in [3.63, 3.8) is 0 Å². The van der Waals surface area contributed by atoms with E-state index < -0.39 is 17.8 Å². The molecule has 0 radical (unpaired) electrons. The Balaban J connectivity index is 2.04. The number of amides is 1. The molecule has 2 rings (SSSR count). The molecule has 0 saturated carbocycles. The second kappa shape index (κ2) is 6.33. The molecule has 21 heavy (non-hydrogen) atoms. The average Bonchev–Trinajstić information content (AvgIpc) is 2.41. The lowest BCUT2D eigenvalue weighted by atomic mass is 10.2. The van der Waals surface area contributed by atoms with Crippen LogP contribution in [-0.2, 0) is 17.4 Å². The number of hydrogen-bond donors (Lipinski definition) is 1. The third kappa shape index (κ3) is 4.62. The molecule has 110 valence electrons. The first-order valence-electron chi connectivity index (χ1n) is 5.67. The van der Waals surface area contributed by atoms with E-state index >= 15 is 0 Å². The first-order chi connectivity index (χ1) is 9.84. The average molecular weight is 408 g/mol. The van der Waals surface area contributed by atoms with Gasteiger partial charge in [-0.3, -0.25) is 4.79 Å². The fourth-order valence-electron chi connectivity index (χ4n) is 1.47. The summed E-state index contributed by atoms with van der Waals surface area (Å²) >= 11 is 1.96. The molecule has 5 nitrogen and oxygen atoms in total. The number of rotatable bonds is 3. The van der Waals surface area contributed by atoms with Gasteiger partial charge in [0.15, 0.2) is 5.82 Å². The van der Waals surface area contributed by atoms with Crippen molar-refractivity contribution in [3.05, 3.63) is 45.4 Å². The zero-order chi connectivity index (χ0) is 15.5. The quantitative estimate of drug-likeness (QED) is 0.794. The lowest BCUT2D eigenvalue weighted by Crippen LogP contribution is -2.17. The zero-order valence-electron chi connectivity index (χ0n) is 10.4. The molecule has 0 aliphatic heterocycles. The normalized spacial score (nSPS) is 11.2. The van der Waals surface area contributed by atoms with E-state index in [1.54, 1.807) is 12.1 Å². The molecule has 1 N–H and O–H groups in total. The number of hydrogen-bond acceptors (Lipinski definition) is 4. The molecule has 0 atom stereocenters. The molecule has 0 fully saturated rings. The van der Waals surface area contributed by atoms with Crippen molar-refractivity contribution >= 4 is 34.3 Å². The van der Waals surface area contributed by atoms with Crippen molar-refractivity contribution in [3.8, 4) is 0 Å². The van der Waals surface area contributed by atoms with Crippen LogP contribution >= 0.6 is 22.6 Å². The lowest BCUT2D eigenvalue weighted by Gasteiger charge is -2.07. The number of carbonyl (C=O) groups excluding carboxylic acids is 1. The van der Waals surface area contributed by atoms with Gasteiger partial charge in [-0.05, 0) is 46.9 Å². The van der Waals surface area contributed by atoms with Crippen LogP contribution in [0.15, 0.2) is 30.3 Å². The van der Waals surface area contributed by atoms with E-state index in [2.05, 4.69) is 20.5 Å². The third-order valence-electron chi connectivity index (χ3n) is 2.34. The highest BCUT2D eigenvalue weighted by molar-refractivity contribution is 14.1. The Kier molecular flexibility index (Phi) is 4.70. The zero-order valence-corrected chi connectivity index (χ0v) is 12.5. The monoisotopic (exact) mass is 408 g/mol. The van der Waals surface area contributed by atoms with Gasteiger partial charge in [0.2, 0.25) is 5.91 Å². The van der Waals surface area contributed by atoms with E-state index in [-0.39, 0.29) is 17.9 Å². The van der Waals surface area contributed by atoms with Crippen molar-refractivity contribution in [1.82, 2.24) is 15.2 Å². The van der Waals surface area contributed by atoms with Crippen LogP contribution in [0, 0.1) is 3.70 Å². The largest absolute Gasteiger partial charge is 0.433 e. The molecule has 2 heterocycles. The number of pyridine rings is 1. The van der Waals surface area contributed by atoms with Crippen LogP contribution in [0.5, 0.6) is 0 Å². The molecule has 0 bridgehead atoms. The Morgan fingerprint density at radius 3 is 2.57 bits per heavy atom. The minimum Gasteiger partial charge on any atom is -0.309 e. The Hall–Kier alpha value is -1.78. The third-order valence-corrected chi connectivity index (χ3v) is 2.91. The fourth-order valence-corrected chi connectivity index (χ4v) is 1.76. The van der Waals surface area contributed by atoms with Crippen LogP contribution in [0.2, 0.25) is 0 Å². The van der Waals surface area contributed by atoms with Crippen molar-refractivity contribution in [2.75, 3.05) is 5.32 Å². The number of halogens is 4. The second-order valence-electron chi connectivity index (χ2n) is 3.98. The predicted octanol–water partition coefficient (Wildman–Crippen LogP) is 2.68. The molecule has 2 aromatic heterocycles. The number of carbonyl (C=O) groups is 1. The van der Waals surface area contributed by atoms with Crippen LogP contribution in [0.4, 0.5) is 19.0 Å². The van der Waals surface area contributed by atoms with Gasteiger partial charge < -0.3 is 5.32 Å². The van der Waals surface area contributed by atoms with Gasteiger partial charge in [0, 0.05) is 0 Å². The van der Waals surface area contributed by atoms with Crippen molar-refractivity contribution in [2.45, 2.75) is 12.6 Å². The van der Waals surface area contributed by atoms with Gasteiger partial charge in [-0.1, -0.05) is 6.07 Å². The molecular weight excluding hydrogens is 400 g/mol. The molecule has 9 heteroatoms. The predicted molar refractivity (Wildman–Crippen MR) is 76.3 cm³/mol. The first-order valence-corrected chi connectivity index (χ1v) is 6.75. The molecule has 0 aromatic carbocycles. The summed E-state index contributed by atoms with van der Waals surface area (Å²) in [5.74, 6) is -0.287. The van der Waals surface area contributed by atoms with E-state index in [9.17, 15) is 18.0 Å². The highest BCUT2D eigenvalue weighted by Gasteiger charge is 2.32. The van der Waals surface area contributed by atoms with E-state index in [0.29, 0.717) is 3.70 Å². The summed E-state index contributed by atoms with van der Waals surface area (Å²) in [5.41, 5.74) is -0.998. The smallest absolute Gasteiger partial charge is 0.309 e. The number of nitrogens with one attached hydrogen (secondary N) is 1. The summed E-state index contributed by atoms with van der Waals surface area (Å²) in [7, 11) is 0. The number of aromatic nitrogens is 3. The Bertz CT molecular complexity index is 646. The van der Waals surface area contributed by atoms with E-state index in [0.717, 1.165) is 6.07 Å². The number of anilines is 1. The van der Waals surface area contributed by atoms with Crippen molar-refractivity contribution < 1.29 is 18.0 Å². The second-order valence-corrected chi connectivity index (χ2v) is 5.08. The summed E-state index contributed by atoms with van der Waals surface area (Å²) in [4.78, 5) is 15.1. The van der Waals surface area contributed by atoms with Gasteiger partial charge in [0.25, 0.3) is 0 Å². The van der Waals surface area contributed by atoms with Gasteiger partial charge in [-0.25, -0.2) is 4.98 Å². The number of alkyl halides is 3. The van der Waals surface area contributed by atoms with Crippen LogP contribution in [0.1, 0.15) is 11.4 Å². The van der Waals surface area contributed by atoms with Gasteiger partial charge in [-0.15, -0.1) is 10.2 Å². The molecule has 0 unspecified atom stereocenters. The molecule has 0 saturated heterocycles.